The van der Waals surface area contributed by atoms with Crippen LogP contribution in [-0.4, -0.2) is 21.8 Å². The van der Waals surface area contributed by atoms with E-state index in [2.05, 4.69) is 4.98 Å². The number of nitrogens with zero attached hydrogens (tertiary/aromatic N) is 2. The Morgan fingerprint density at radius 2 is 1.68 bits per heavy atom. The third kappa shape index (κ3) is 3.50. The van der Waals surface area contributed by atoms with Crippen molar-refractivity contribution in [3.63, 3.8) is 0 Å². The smallest absolute Gasteiger partial charge is 0.300 e. The van der Waals surface area contributed by atoms with Crippen LogP contribution in [0, 0.1) is 26.6 Å². The number of aliphatic hydroxyl groups is 1. The van der Waals surface area contributed by atoms with E-state index in [1.807, 2.05) is 32.0 Å². The first-order chi connectivity index (χ1) is 14.8. The molecule has 1 fully saturated rings. The van der Waals surface area contributed by atoms with E-state index in [1.54, 1.807) is 31.5 Å². The average Bonchev–Trinajstić information content (AvgIpc) is 3.02. The van der Waals surface area contributed by atoms with Gasteiger partial charge >= 0.3 is 0 Å². The molecule has 31 heavy (non-hydrogen) atoms. The van der Waals surface area contributed by atoms with E-state index in [-0.39, 0.29) is 16.9 Å². The Kier molecular flexibility index (Phi) is 5.15. The number of ketones is 1. The molecule has 1 N–H and O–H groups in total. The summed E-state index contributed by atoms with van der Waals surface area (Å²) in [5.41, 5.74) is 3.55. The molecule has 2 heterocycles. The highest BCUT2D eigenvalue weighted by molar-refractivity contribution is 6.51. The highest BCUT2D eigenvalue weighted by Gasteiger charge is 2.47. The number of rotatable bonds is 3. The van der Waals surface area contributed by atoms with Crippen LogP contribution in [-0.2, 0) is 9.59 Å². The Balaban J connectivity index is 1.98. The molecule has 0 bridgehead atoms. The summed E-state index contributed by atoms with van der Waals surface area (Å²) in [6.07, 6.45) is 3.14. The lowest BCUT2D eigenvalue weighted by Crippen LogP contribution is -2.30. The molecule has 1 saturated heterocycles. The van der Waals surface area contributed by atoms with Gasteiger partial charge in [-0.25, -0.2) is 4.39 Å². The topological polar surface area (TPSA) is 70.5 Å². The second kappa shape index (κ2) is 7.80. The van der Waals surface area contributed by atoms with Crippen LogP contribution in [0.2, 0.25) is 0 Å². The summed E-state index contributed by atoms with van der Waals surface area (Å²) in [5.74, 6) is -2.27. The molecule has 1 aliphatic rings. The predicted octanol–water partition coefficient (Wildman–Crippen LogP) is 4.77. The number of aliphatic hydroxyl groups excluding tert-OH is 1. The number of carbonyl (C=O) groups excluding carboxylic acids is 2. The van der Waals surface area contributed by atoms with E-state index in [0.29, 0.717) is 16.8 Å². The number of hydrogen-bond acceptors (Lipinski definition) is 4. The van der Waals surface area contributed by atoms with Gasteiger partial charge in [0.05, 0.1) is 11.6 Å². The van der Waals surface area contributed by atoms with Gasteiger partial charge in [0.15, 0.2) is 0 Å². The zero-order valence-electron chi connectivity index (χ0n) is 17.4. The number of aromatic nitrogens is 1. The summed E-state index contributed by atoms with van der Waals surface area (Å²) in [7, 11) is 0. The van der Waals surface area contributed by atoms with Crippen molar-refractivity contribution in [2.75, 3.05) is 4.90 Å². The first-order valence-electron chi connectivity index (χ1n) is 9.84. The number of anilines is 1. The molecule has 0 radical (unpaired) electrons. The molecule has 6 heteroatoms. The molecule has 1 amide bonds. The summed E-state index contributed by atoms with van der Waals surface area (Å²) in [6.45, 7) is 5.34. The van der Waals surface area contributed by atoms with E-state index in [0.717, 1.165) is 11.1 Å². The molecule has 0 aliphatic carbocycles. The Hall–Kier alpha value is -3.80. The SMILES string of the molecule is Cc1ccc(C)c(N2C(=O)C(=O)/C(=C(\O)c3ccc(F)c(C)c3)C2c2ccncc2)c1. The maximum atomic E-state index is 13.8. The molecule has 1 atom stereocenters. The summed E-state index contributed by atoms with van der Waals surface area (Å²) in [5, 5.41) is 11.1. The summed E-state index contributed by atoms with van der Waals surface area (Å²) in [4.78, 5) is 31.8. The lowest BCUT2D eigenvalue weighted by molar-refractivity contribution is -0.132. The molecular weight excluding hydrogens is 395 g/mol. The van der Waals surface area contributed by atoms with Crippen LogP contribution < -0.4 is 4.90 Å². The number of carbonyl (C=O) groups is 2. The van der Waals surface area contributed by atoms with Gasteiger partial charge in [-0.05, 0) is 79.4 Å². The fourth-order valence-corrected chi connectivity index (χ4v) is 3.87. The molecule has 3 aromatic rings. The third-order valence-electron chi connectivity index (χ3n) is 5.52. The van der Waals surface area contributed by atoms with Crippen molar-refractivity contribution in [3.8, 4) is 0 Å². The number of amides is 1. The molecule has 0 spiro atoms. The summed E-state index contributed by atoms with van der Waals surface area (Å²) in [6, 6.07) is 12.3. The van der Waals surface area contributed by atoms with Crippen LogP contribution in [0.1, 0.15) is 33.9 Å². The lowest BCUT2D eigenvalue weighted by Gasteiger charge is -2.27. The zero-order valence-corrected chi connectivity index (χ0v) is 17.4. The van der Waals surface area contributed by atoms with Gasteiger partial charge in [0.2, 0.25) is 0 Å². The maximum absolute atomic E-state index is 13.8. The van der Waals surface area contributed by atoms with E-state index in [4.69, 9.17) is 0 Å². The normalized spacial score (nSPS) is 17.9. The van der Waals surface area contributed by atoms with Gasteiger partial charge in [-0.15, -0.1) is 0 Å². The lowest BCUT2D eigenvalue weighted by atomic mass is 9.95. The highest BCUT2D eigenvalue weighted by atomic mass is 19.1. The van der Waals surface area contributed by atoms with Gasteiger partial charge in [-0.1, -0.05) is 12.1 Å². The second-order valence-electron chi connectivity index (χ2n) is 7.70. The Morgan fingerprint density at radius 1 is 0.968 bits per heavy atom. The van der Waals surface area contributed by atoms with Crippen LogP contribution >= 0.6 is 0 Å². The largest absolute Gasteiger partial charge is 0.507 e. The summed E-state index contributed by atoms with van der Waals surface area (Å²) >= 11 is 0. The predicted molar refractivity (Wildman–Crippen MR) is 116 cm³/mol. The number of aryl methyl sites for hydroxylation is 3. The Labute approximate surface area is 179 Å². The van der Waals surface area contributed by atoms with Crippen LogP contribution in [0.15, 0.2) is 66.5 Å². The van der Waals surface area contributed by atoms with Gasteiger partial charge in [0.25, 0.3) is 11.7 Å². The van der Waals surface area contributed by atoms with E-state index >= 15 is 0 Å². The van der Waals surface area contributed by atoms with Gasteiger partial charge in [-0.2, -0.15) is 0 Å². The molecule has 2 aromatic carbocycles. The van der Waals surface area contributed by atoms with Gasteiger partial charge in [-0.3, -0.25) is 19.5 Å². The number of pyridine rings is 1. The molecule has 5 nitrogen and oxygen atoms in total. The quantitative estimate of drug-likeness (QED) is 0.379. The van der Waals surface area contributed by atoms with Gasteiger partial charge in [0.1, 0.15) is 11.6 Å². The van der Waals surface area contributed by atoms with Crippen LogP contribution in [0.4, 0.5) is 10.1 Å². The maximum Gasteiger partial charge on any atom is 0.300 e. The standard InChI is InChI=1S/C25H21FN2O3/c1-14-4-5-15(2)20(12-14)28-22(17-8-10-27-11-9-17)21(24(30)25(28)31)23(29)18-6-7-19(26)16(3)13-18/h4-13,22,29H,1-3H3/b23-21-. The minimum Gasteiger partial charge on any atom is -0.507 e. The third-order valence-corrected chi connectivity index (χ3v) is 5.52. The fourth-order valence-electron chi connectivity index (χ4n) is 3.87. The number of hydrogen-bond donors (Lipinski definition) is 1. The first-order valence-corrected chi connectivity index (χ1v) is 9.84. The van der Waals surface area contributed by atoms with E-state index in [9.17, 15) is 19.1 Å². The first kappa shape index (κ1) is 20.5. The minimum absolute atomic E-state index is 0.0388. The van der Waals surface area contributed by atoms with Crippen molar-refractivity contribution in [1.29, 1.82) is 0 Å². The van der Waals surface area contributed by atoms with Crippen molar-refractivity contribution in [3.05, 3.63) is 100 Å². The monoisotopic (exact) mass is 416 g/mol. The molecule has 1 aromatic heterocycles. The van der Waals surface area contributed by atoms with E-state index in [1.165, 1.54) is 23.1 Å². The number of Topliss-reactive ketones (excluding diaryl/α,β-unsaturated/α-hetero) is 1. The molecule has 4 rings (SSSR count). The number of halogens is 1. The van der Waals surface area contributed by atoms with Crippen molar-refractivity contribution >= 4 is 23.1 Å². The summed E-state index contributed by atoms with van der Waals surface area (Å²) < 4.78 is 13.8. The number of benzene rings is 2. The Morgan fingerprint density at radius 3 is 2.35 bits per heavy atom. The van der Waals surface area contributed by atoms with Crippen LogP contribution in [0.25, 0.3) is 5.76 Å². The van der Waals surface area contributed by atoms with Gasteiger partial charge < -0.3 is 5.11 Å². The molecular formula is C25H21FN2O3. The van der Waals surface area contributed by atoms with Crippen molar-refractivity contribution in [2.45, 2.75) is 26.8 Å². The fraction of sp³-hybridized carbons (Fsp3) is 0.160. The van der Waals surface area contributed by atoms with Gasteiger partial charge in [0, 0.05) is 23.6 Å². The molecule has 0 saturated carbocycles. The van der Waals surface area contributed by atoms with Crippen molar-refractivity contribution in [2.24, 2.45) is 0 Å². The van der Waals surface area contributed by atoms with E-state index < -0.39 is 23.5 Å². The molecule has 156 valence electrons. The van der Waals surface area contributed by atoms with Crippen molar-refractivity contribution in [1.82, 2.24) is 4.98 Å². The second-order valence-corrected chi connectivity index (χ2v) is 7.70. The Bertz CT molecular complexity index is 1230. The minimum atomic E-state index is -0.839. The van der Waals surface area contributed by atoms with Crippen molar-refractivity contribution < 1.29 is 19.1 Å². The molecule has 1 unspecified atom stereocenters. The average molecular weight is 416 g/mol. The van der Waals surface area contributed by atoms with Crippen LogP contribution in [0.3, 0.4) is 0 Å². The van der Waals surface area contributed by atoms with Crippen LogP contribution in [0.5, 0.6) is 0 Å². The molecule has 1 aliphatic heterocycles. The zero-order chi connectivity index (χ0) is 22.3. The highest BCUT2D eigenvalue weighted by Crippen LogP contribution is 2.43.